The molecular weight excluding hydrogens is 224 g/mol. The van der Waals surface area contributed by atoms with Crippen LogP contribution in [0.1, 0.15) is 43.1 Å². The van der Waals surface area contributed by atoms with E-state index in [-0.39, 0.29) is 11.9 Å². The van der Waals surface area contributed by atoms with Crippen LogP contribution in [-0.2, 0) is 0 Å². The standard InChI is InChI=1S/C15H24N2O/c1-10(2)8-12(4)17-15(18)13-7-6-11(3)9-14(13)16-5/h6-7,9-10,12,16H,8H2,1-5H3,(H,17,18). The first-order valence-corrected chi connectivity index (χ1v) is 6.53. The van der Waals surface area contributed by atoms with Gasteiger partial charge in [0.2, 0.25) is 0 Å². The molecule has 0 aliphatic carbocycles. The zero-order chi connectivity index (χ0) is 13.7. The highest BCUT2D eigenvalue weighted by molar-refractivity contribution is 5.99. The van der Waals surface area contributed by atoms with Crippen LogP contribution < -0.4 is 10.6 Å². The Bertz CT molecular complexity index is 413. The molecule has 0 aliphatic heterocycles. The van der Waals surface area contributed by atoms with Gasteiger partial charge in [-0.25, -0.2) is 0 Å². The van der Waals surface area contributed by atoms with Gasteiger partial charge in [0, 0.05) is 18.8 Å². The lowest BCUT2D eigenvalue weighted by Crippen LogP contribution is -2.33. The van der Waals surface area contributed by atoms with Gasteiger partial charge < -0.3 is 10.6 Å². The molecule has 1 unspecified atom stereocenters. The molecule has 18 heavy (non-hydrogen) atoms. The number of aryl methyl sites for hydroxylation is 1. The number of carbonyl (C=O) groups is 1. The molecule has 1 aromatic carbocycles. The Morgan fingerprint density at radius 1 is 1.28 bits per heavy atom. The first-order valence-electron chi connectivity index (χ1n) is 6.53. The molecule has 0 saturated heterocycles. The van der Waals surface area contributed by atoms with Crippen LogP contribution in [-0.4, -0.2) is 19.0 Å². The molecule has 3 nitrogen and oxygen atoms in total. The molecule has 2 N–H and O–H groups in total. The maximum Gasteiger partial charge on any atom is 0.253 e. The van der Waals surface area contributed by atoms with Crippen molar-refractivity contribution >= 4 is 11.6 Å². The van der Waals surface area contributed by atoms with E-state index in [0.717, 1.165) is 17.7 Å². The topological polar surface area (TPSA) is 41.1 Å². The SMILES string of the molecule is CNc1cc(C)ccc1C(=O)NC(C)CC(C)C. The van der Waals surface area contributed by atoms with Gasteiger partial charge in [-0.1, -0.05) is 19.9 Å². The Morgan fingerprint density at radius 2 is 1.94 bits per heavy atom. The van der Waals surface area contributed by atoms with Gasteiger partial charge >= 0.3 is 0 Å². The summed E-state index contributed by atoms with van der Waals surface area (Å²) >= 11 is 0. The van der Waals surface area contributed by atoms with E-state index < -0.39 is 0 Å². The van der Waals surface area contributed by atoms with Gasteiger partial charge in [0.15, 0.2) is 0 Å². The van der Waals surface area contributed by atoms with Crippen LogP contribution in [0.15, 0.2) is 18.2 Å². The van der Waals surface area contributed by atoms with E-state index in [2.05, 4.69) is 24.5 Å². The fourth-order valence-electron chi connectivity index (χ4n) is 2.13. The maximum absolute atomic E-state index is 12.2. The number of carbonyl (C=O) groups excluding carboxylic acids is 1. The lowest BCUT2D eigenvalue weighted by Gasteiger charge is -2.17. The average Bonchev–Trinajstić information content (AvgIpc) is 2.27. The van der Waals surface area contributed by atoms with Crippen molar-refractivity contribution in [2.75, 3.05) is 12.4 Å². The van der Waals surface area contributed by atoms with Crippen molar-refractivity contribution in [2.45, 2.75) is 40.2 Å². The van der Waals surface area contributed by atoms with E-state index in [4.69, 9.17) is 0 Å². The summed E-state index contributed by atoms with van der Waals surface area (Å²) in [6.07, 6.45) is 0.993. The Kier molecular flexibility index (Phi) is 5.20. The number of amides is 1. The number of hydrogen-bond donors (Lipinski definition) is 2. The fraction of sp³-hybridized carbons (Fsp3) is 0.533. The molecule has 0 heterocycles. The van der Waals surface area contributed by atoms with Gasteiger partial charge in [-0.2, -0.15) is 0 Å². The minimum Gasteiger partial charge on any atom is -0.387 e. The minimum atomic E-state index is -0.00694. The summed E-state index contributed by atoms with van der Waals surface area (Å²) in [5, 5.41) is 6.11. The van der Waals surface area contributed by atoms with Crippen molar-refractivity contribution in [1.82, 2.24) is 5.32 Å². The summed E-state index contributed by atoms with van der Waals surface area (Å²) < 4.78 is 0. The largest absolute Gasteiger partial charge is 0.387 e. The molecular formula is C15H24N2O. The summed E-state index contributed by atoms with van der Waals surface area (Å²) in [7, 11) is 1.84. The Morgan fingerprint density at radius 3 is 2.50 bits per heavy atom. The normalized spacial score (nSPS) is 12.3. The van der Waals surface area contributed by atoms with Crippen LogP contribution in [0.5, 0.6) is 0 Å². The van der Waals surface area contributed by atoms with Crippen molar-refractivity contribution in [3.05, 3.63) is 29.3 Å². The molecule has 0 aliphatic rings. The highest BCUT2D eigenvalue weighted by atomic mass is 16.1. The monoisotopic (exact) mass is 248 g/mol. The summed E-state index contributed by atoms with van der Waals surface area (Å²) in [5.74, 6) is 0.578. The predicted molar refractivity (Wildman–Crippen MR) is 77.1 cm³/mol. The van der Waals surface area contributed by atoms with Gasteiger partial charge in [0.25, 0.3) is 5.91 Å². The molecule has 1 atom stereocenters. The second-order valence-electron chi connectivity index (χ2n) is 5.30. The van der Waals surface area contributed by atoms with Crippen molar-refractivity contribution in [2.24, 2.45) is 5.92 Å². The Labute approximate surface area is 110 Å². The van der Waals surface area contributed by atoms with Gasteiger partial charge in [-0.3, -0.25) is 4.79 Å². The van der Waals surface area contributed by atoms with Gasteiger partial charge in [0.05, 0.1) is 5.56 Å². The lowest BCUT2D eigenvalue weighted by molar-refractivity contribution is 0.0937. The molecule has 0 aromatic heterocycles. The summed E-state index contributed by atoms with van der Waals surface area (Å²) in [4.78, 5) is 12.2. The second kappa shape index (κ2) is 6.43. The van der Waals surface area contributed by atoms with Crippen LogP contribution in [0.2, 0.25) is 0 Å². The molecule has 100 valence electrons. The highest BCUT2D eigenvalue weighted by Crippen LogP contribution is 2.17. The predicted octanol–water partition coefficient (Wildman–Crippen LogP) is 3.20. The summed E-state index contributed by atoms with van der Waals surface area (Å²) in [6, 6.07) is 6.02. The first kappa shape index (κ1) is 14.6. The number of anilines is 1. The van der Waals surface area contributed by atoms with Crippen LogP contribution in [0.4, 0.5) is 5.69 Å². The average molecular weight is 248 g/mol. The molecule has 0 spiro atoms. The molecule has 3 heteroatoms. The van der Waals surface area contributed by atoms with Crippen molar-refractivity contribution < 1.29 is 4.79 Å². The van der Waals surface area contributed by atoms with E-state index in [0.29, 0.717) is 11.5 Å². The molecule has 1 amide bonds. The molecule has 0 radical (unpaired) electrons. The maximum atomic E-state index is 12.2. The third kappa shape index (κ3) is 4.06. The molecule has 1 aromatic rings. The minimum absolute atomic E-state index is 0.00694. The zero-order valence-electron chi connectivity index (χ0n) is 12.0. The highest BCUT2D eigenvalue weighted by Gasteiger charge is 2.14. The lowest BCUT2D eigenvalue weighted by atomic mass is 10.0. The third-order valence-corrected chi connectivity index (χ3v) is 2.89. The first-order chi connectivity index (χ1) is 8.43. The van der Waals surface area contributed by atoms with Gasteiger partial charge in [0.1, 0.15) is 0 Å². The van der Waals surface area contributed by atoms with Crippen molar-refractivity contribution in [3.8, 4) is 0 Å². The van der Waals surface area contributed by atoms with Crippen LogP contribution >= 0.6 is 0 Å². The number of rotatable bonds is 5. The Hall–Kier alpha value is -1.51. The van der Waals surface area contributed by atoms with Crippen LogP contribution in [0, 0.1) is 12.8 Å². The van der Waals surface area contributed by atoms with Crippen molar-refractivity contribution in [3.63, 3.8) is 0 Å². The molecule has 1 rings (SSSR count). The van der Waals surface area contributed by atoms with Gasteiger partial charge in [-0.05, 0) is 43.9 Å². The Balaban J connectivity index is 2.78. The van der Waals surface area contributed by atoms with Crippen LogP contribution in [0.3, 0.4) is 0 Å². The summed E-state index contributed by atoms with van der Waals surface area (Å²) in [6.45, 7) is 8.39. The van der Waals surface area contributed by atoms with E-state index in [9.17, 15) is 4.79 Å². The third-order valence-electron chi connectivity index (χ3n) is 2.89. The fourth-order valence-corrected chi connectivity index (χ4v) is 2.13. The molecule has 0 bridgehead atoms. The number of benzene rings is 1. The van der Waals surface area contributed by atoms with Crippen LogP contribution in [0.25, 0.3) is 0 Å². The van der Waals surface area contributed by atoms with Gasteiger partial charge in [-0.15, -0.1) is 0 Å². The van der Waals surface area contributed by atoms with Crippen molar-refractivity contribution in [1.29, 1.82) is 0 Å². The zero-order valence-corrected chi connectivity index (χ0v) is 12.0. The summed E-state index contributed by atoms with van der Waals surface area (Å²) in [5.41, 5.74) is 2.73. The molecule has 0 saturated carbocycles. The van der Waals surface area contributed by atoms with E-state index in [1.807, 2.05) is 39.1 Å². The van der Waals surface area contributed by atoms with E-state index >= 15 is 0 Å². The number of nitrogens with one attached hydrogen (secondary N) is 2. The molecule has 0 fully saturated rings. The van der Waals surface area contributed by atoms with E-state index in [1.165, 1.54) is 0 Å². The number of hydrogen-bond acceptors (Lipinski definition) is 2. The quantitative estimate of drug-likeness (QED) is 0.840. The second-order valence-corrected chi connectivity index (χ2v) is 5.30. The smallest absolute Gasteiger partial charge is 0.253 e. The van der Waals surface area contributed by atoms with E-state index in [1.54, 1.807) is 0 Å².